The monoisotopic (exact) mass is 217 g/mol. The van der Waals surface area contributed by atoms with Crippen LogP contribution in [-0.2, 0) is 0 Å². The molecule has 3 heteroatoms. The molecule has 0 spiro atoms. The zero-order valence-electron chi connectivity index (χ0n) is 9.09. The zero-order chi connectivity index (χ0) is 11.6. The summed E-state index contributed by atoms with van der Waals surface area (Å²) in [4.78, 5) is 20.4. The molecule has 0 heterocycles. The second-order valence-corrected chi connectivity index (χ2v) is 5.77. The van der Waals surface area contributed by atoms with Gasteiger partial charge in [-0.2, -0.15) is 0 Å². The van der Waals surface area contributed by atoms with E-state index < -0.39 is 8.56 Å². The molecular formula is C12H12O2Si. The minimum atomic E-state index is -3.69. The molecule has 2 rings (SSSR count). The molecule has 15 heavy (non-hydrogen) atoms. The summed E-state index contributed by atoms with van der Waals surface area (Å²) in [5, 5.41) is 0.816. The van der Waals surface area contributed by atoms with Gasteiger partial charge in [-0.25, -0.2) is 0 Å². The summed E-state index contributed by atoms with van der Waals surface area (Å²) in [6.07, 6.45) is 0. The van der Waals surface area contributed by atoms with Gasteiger partial charge in [0.1, 0.15) is 0 Å². The smallest absolute Gasteiger partial charge is 0.401 e. The van der Waals surface area contributed by atoms with Gasteiger partial charge in [0, 0.05) is 0 Å². The fraction of sp³-hybridized carbons (Fsp3) is 0. The third kappa shape index (κ3) is 1.99. The average molecular weight is 217 g/mol. The molecule has 0 saturated heterocycles. The van der Waals surface area contributed by atoms with E-state index in [1.54, 1.807) is 48.5 Å². The summed E-state index contributed by atoms with van der Waals surface area (Å²) in [5.41, 5.74) is 0. The first-order chi connectivity index (χ1) is 7.62. The minimum absolute atomic E-state index is 0.169. The highest BCUT2D eigenvalue weighted by atomic mass is 28.4. The molecule has 0 aliphatic carbocycles. The predicted octanol–water partition coefficient (Wildman–Crippen LogP) is 0.228. The summed E-state index contributed by atoms with van der Waals surface area (Å²) in [7, 11) is -3.69. The Balaban J connectivity index is 2.51. The summed E-state index contributed by atoms with van der Waals surface area (Å²) in [6, 6.07) is 15.5. The van der Waals surface area contributed by atoms with Crippen LogP contribution in [0.1, 0.15) is 1.37 Å². The molecule has 2 aromatic rings. The van der Waals surface area contributed by atoms with Crippen LogP contribution in [-0.4, -0.2) is 18.2 Å². The molecule has 2 nitrogen and oxygen atoms in total. The van der Waals surface area contributed by atoms with Crippen molar-refractivity contribution in [3.05, 3.63) is 60.6 Å². The van der Waals surface area contributed by atoms with Crippen molar-refractivity contribution in [3.63, 3.8) is 0 Å². The van der Waals surface area contributed by atoms with E-state index >= 15 is 0 Å². The van der Waals surface area contributed by atoms with Gasteiger partial charge in [-0.3, -0.25) is 0 Å². The van der Waals surface area contributed by atoms with E-state index in [2.05, 4.69) is 0 Å². The fourth-order valence-corrected chi connectivity index (χ4v) is 3.02. The lowest BCUT2D eigenvalue weighted by Crippen LogP contribution is -2.59. The second kappa shape index (κ2) is 3.98. The highest BCUT2D eigenvalue weighted by Crippen LogP contribution is 1.97. The molecule has 0 aromatic heterocycles. The van der Waals surface area contributed by atoms with Crippen LogP contribution < -0.4 is 10.4 Å². The predicted molar refractivity (Wildman–Crippen MR) is 62.3 cm³/mol. The molecule has 76 valence electrons. The van der Waals surface area contributed by atoms with Crippen molar-refractivity contribution in [3.8, 4) is 0 Å². The average Bonchev–Trinajstić information content (AvgIpc) is 2.30. The van der Waals surface area contributed by atoms with E-state index in [1.165, 1.54) is 0 Å². The van der Waals surface area contributed by atoms with Crippen LogP contribution in [0.2, 0.25) is 0 Å². The standard InChI is InChI=1S/C12H12O2Si/c13-15(14,11-7-3-1-4-8-11)12-9-5-2-6-10-12/h1-10,13-14H/i7D. The van der Waals surface area contributed by atoms with E-state index in [1.807, 2.05) is 6.07 Å². The summed E-state index contributed by atoms with van der Waals surface area (Å²) in [6.45, 7) is 0. The topological polar surface area (TPSA) is 40.5 Å². The van der Waals surface area contributed by atoms with Gasteiger partial charge in [-0.15, -0.1) is 0 Å². The van der Waals surface area contributed by atoms with Crippen LogP contribution in [0.3, 0.4) is 0 Å². The van der Waals surface area contributed by atoms with E-state index in [9.17, 15) is 9.59 Å². The van der Waals surface area contributed by atoms with Crippen LogP contribution in [0.4, 0.5) is 0 Å². The maximum absolute atomic E-state index is 10.2. The maximum atomic E-state index is 10.2. The Labute approximate surface area is 91.1 Å². The molecule has 2 aromatic carbocycles. The molecular weight excluding hydrogens is 204 g/mol. The van der Waals surface area contributed by atoms with Crippen LogP contribution in [0.5, 0.6) is 0 Å². The lowest BCUT2D eigenvalue weighted by molar-refractivity contribution is 0.401. The molecule has 0 bridgehead atoms. The molecule has 0 saturated carbocycles. The van der Waals surface area contributed by atoms with Gasteiger partial charge in [0.05, 0.1) is 1.37 Å². The SMILES string of the molecule is [2H]c1ccccc1[Si](O)(O)c1ccccc1. The normalized spacial score (nSPS) is 12.3. The Morgan fingerprint density at radius 3 is 1.93 bits per heavy atom. The van der Waals surface area contributed by atoms with Gasteiger partial charge in [-0.05, 0) is 10.4 Å². The summed E-state index contributed by atoms with van der Waals surface area (Å²) < 4.78 is 7.69. The van der Waals surface area contributed by atoms with Gasteiger partial charge in [0.15, 0.2) is 0 Å². The van der Waals surface area contributed by atoms with Crippen molar-refractivity contribution >= 4 is 18.9 Å². The van der Waals surface area contributed by atoms with Crippen molar-refractivity contribution in [1.82, 2.24) is 0 Å². The molecule has 0 radical (unpaired) electrons. The summed E-state index contributed by atoms with van der Waals surface area (Å²) in [5.74, 6) is 0. The largest absolute Gasteiger partial charge is 0.404 e. The molecule has 0 amide bonds. The summed E-state index contributed by atoms with van der Waals surface area (Å²) >= 11 is 0. The fourth-order valence-electron chi connectivity index (χ4n) is 1.44. The Morgan fingerprint density at radius 1 is 0.800 bits per heavy atom. The first-order valence-electron chi connectivity index (χ1n) is 5.19. The van der Waals surface area contributed by atoms with Gasteiger partial charge in [0.25, 0.3) is 0 Å². The van der Waals surface area contributed by atoms with Gasteiger partial charge >= 0.3 is 8.56 Å². The van der Waals surface area contributed by atoms with E-state index in [4.69, 9.17) is 1.37 Å². The Bertz CT molecular complexity index is 485. The van der Waals surface area contributed by atoms with Crippen molar-refractivity contribution in [2.24, 2.45) is 0 Å². The third-order valence-corrected chi connectivity index (χ3v) is 4.46. The number of hydrogen-bond donors (Lipinski definition) is 2. The Hall–Kier alpha value is -1.42. The second-order valence-electron chi connectivity index (χ2n) is 3.31. The van der Waals surface area contributed by atoms with Crippen LogP contribution in [0, 0.1) is 0 Å². The highest BCUT2D eigenvalue weighted by molar-refractivity contribution is 6.90. The molecule has 0 unspecified atom stereocenters. The lowest BCUT2D eigenvalue weighted by atomic mass is 10.4. The van der Waals surface area contributed by atoms with Crippen molar-refractivity contribution in [2.45, 2.75) is 0 Å². The van der Waals surface area contributed by atoms with E-state index in [0.29, 0.717) is 10.4 Å². The maximum Gasteiger partial charge on any atom is 0.401 e. The minimum Gasteiger partial charge on any atom is -0.404 e. The third-order valence-electron chi connectivity index (χ3n) is 2.26. The molecule has 0 atom stereocenters. The number of benzene rings is 2. The first-order valence-corrected chi connectivity index (χ1v) is 6.58. The van der Waals surface area contributed by atoms with Crippen LogP contribution >= 0.6 is 0 Å². The van der Waals surface area contributed by atoms with Gasteiger partial charge in [0.2, 0.25) is 0 Å². The Morgan fingerprint density at radius 2 is 1.33 bits per heavy atom. The van der Waals surface area contributed by atoms with E-state index in [0.717, 1.165) is 0 Å². The molecule has 0 fully saturated rings. The zero-order valence-corrected chi connectivity index (χ0v) is 9.09. The van der Waals surface area contributed by atoms with E-state index in [-0.39, 0.29) is 6.04 Å². The molecule has 2 N–H and O–H groups in total. The van der Waals surface area contributed by atoms with Crippen LogP contribution in [0.15, 0.2) is 60.6 Å². The highest BCUT2D eigenvalue weighted by Gasteiger charge is 2.33. The number of rotatable bonds is 2. The Kier molecular flexibility index (Phi) is 2.35. The molecule has 0 aliphatic heterocycles. The van der Waals surface area contributed by atoms with Gasteiger partial charge in [-0.1, -0.05) is 60.6 Å². The van der Waals surface area contributed by atoms with Crippen molar-refractivity contribution in [2.75, 3.05) is 0 Å². The number of hydrogen-bond acceptors (Lipinski definition) is 2. The van der Waals surface area contributed by atoms with Crippen LogP contribution in [0.25, 0.3) is 0 Å². The quantitative estimate of drug-likeness (QED) is 0.707. The van der Waals surface area contributed by atoms with Gasteiger partial charge < -0.3 is 9.59 Å². The first kappa shape index (κ1) is 8.85. The van der Waals surface area contributed by atoms with Crippen molar-refractivity contribution in [1.29, 1.82) is 0 Å². The lowest BCUT2D eigenvalue weighted by Gasteiger charge is -2.18. The van der Waals surface area contributed by atoms with Crippen molar-refractivity contribution < 1.29 is 11.0 Å². The molecule has 0 aliphatic rings.